The van der Waals surface area contributed by atoms with Crippen molar-refractivity contribution in [2.24, 2.45) is 0 Å². The highest BCUT2D eigenvalue weighted by molar-refractivity contribution is 6.10. The summed E-state index contributed by atoms with van der Waals surface area (Å²) in [6.07, 6.45) is 0. The molecule has 10 N–H and O–H groups in total. The molecular formula is C52H54N10+4. The van der Waals surface area contributed by atoms with E-state index in [1.54, 1.807) is 0 Å². The summed E-state index contributed by atoms with van der Waals surface area (Å²) in [5.41, 5.74) is 13.1. The summed E-state index contributed by atoms with van der Waals surface area (Å²) >= 11 is 0. The fourth-order valence-corrected chi connectivity index (χ4v) is 9.24. The van der Waals surface area contributed by atoms with Crippen LogP contribution in [0.3, 0.4) is 0 Å². The van der Waals surface area contributed by atoms with Crippen LogP contribution in [0.2, 0.25) is 0 Å². The van der Waals surface area contributed by atoms with Crippen molar-refractivity contribution in [3.8, 4) is 0 Å². The Labute approximate surface area is 359 Å². The predicted molar refractivity (Wildman–Crippen MR) is 252 cm³/mol. The lowest BCUT2D eigenvalue weighted by molar-refractivity contribution is -0.757. The average molecular weight is 819 g/mol. The fourth-order valence-electron chi connectivity index (χ4n) is 9.24. The van der Waals surface area contributed by atoms with E-state index >= 15 is 0 Å². The number of aromatic nitrogens is 4. The van der Waals surface area contributed by atoms with Crippen molar-refractivity contribution in [2.75, 3.05) is 52.4 Å². The molecule has 0 unspecified atom stereocenters. The number of quaternary nitrogens is 4. The third-order valence-electron chi connectivity index (χ3n) is 12.6. The van der Waals surface area contributed by atoms with E-state index in [0.29, 0.717) is 0 Å². The van der Waals surface area contributed by atoms with Gasteiger partial charge in [0.25, 0.3) is 0 Å². The molecule has 6 aromatic carbocycles. The van der Waals surface area contributed by atoms with Crippen molar-refractivity contribution in [2.45, 2.75) is 26.2 Å². The topological polar surface area (TPSA) is 142 Å². The Morgan fingerprint density at radius 3 is 1.02 bits per heavy atom. The van der Waals surface area contributed by atoms with Gasteiger partial charge in [0.05, 0.1) is 57.2 Å². The molecule has 308 valence electrons. The first-order valence-corrected chi connectivity index (χ1v) is 22.5. The summed E-state index contributed by atoms with van der Waals surface area (Å²) in [5, 5.41) is 26.1. The number of benzene rings is 6. The zero-order valence-corrected chi connectivity index (χ0v) is 35.1. The first-order chi connectivity index (χ1) is 30.7. The van der Waals surface area contributed by atoms with E-state index in [4.69, 9.17) is 19.9 Å². The van der Waals surface area contributed by atoms with Gasteiger partial charge in [-0.1, -0.05) is 48.5 Å². The van der Waals surface area contributed by atoms with E-state index < -0.39 is 0 Å². The van der Waals surface area contributed by atoms with Crippen LogP contribution in [0.5, 0.6) is 0 Å². The molecule has 20 aliphatic rings. The van der Waals surface area contributed by atoms with Crippen molar-refractivity contribution in [1.82, 2.24) is 30.6 Å². The maximum absolute atomic E-state index is 5.16. The summed E-state index contributed by atoms with van der Waals surface area (Å²) in [7, 11) is 0. The molecule has 0 radical (unpaired) electrons. The first-order valence-electron chi connectivity index (χ1n) is 22.5. The third kappa shape index (κ3) is 8.12. The standard InChI is InChI=1S/C52H50N10/c1-9-45-41-21-33(1)29-55-17-13-53-14-18-56-30-35-3-11-47-43(23-35)27-39-7-8-40-28-44-24-36(4-12-48(44)62-52(40)51(39)61-47)32-58-20-16-54-15-19-57-31-34-2-10-46-42(22-34)26-38-6-5-37(25-41)49(59-45)50(38)60-46/h1-12,21-28,53-58H,13-20,29-32H2/p+4. The number of nitrogens with zero attached hydrogens (tertiary/aromatic N) is 4. The lowest BCUT2D eigenvalue weighted by atomic mass is 10.0. The fraction of sp³-hybridized carbons (Fsp3) is 0.231. The summed E-state index contributed by atoms with van der Waals surface area (Å²) in [4.78, 5) is 20.6. The number of hydrogen-bond donors (Lipinski definition) is 6. The zero-order valence-electron chi connectivity index (χ0n) is 35.1. The number of rotatable bonds is 0. The molecule has 0 amide bonds. The van der Waals surface area contributed by atoms with Crippen molar-refractivity contribution >= 4 is 87.2 Å². The molecule has 62 heavy (non-hydrogen) atoms. The Kier molecular flexibility index (Phi) is 10.8. The molecule has 20 bridgehead atoms. The normalized spacial score (nSPS) is 15.9. The number of nitrogens with one attached hydrogen (secondary N) is 2. The Bertz CT molecular complexity index is 2860. The van der Waals surface area contributed by atoms with E-state index in [1.165, 1.54) is 33.0 Å². The predicted octanol–water partition coefficient (Wildman–Crippen LogP) is 3.64. The van der Waals surface area contributed by atoms with Gasteiger partial charge < -0.3 is 31.9 Å². The van der Waals surface area contributed by atoms with E-state index in [1.807, 2.05) is 0 Å². The third-order valence-corrected chi connectivity index (χ3v) is 12.6. The minimum atomic E-state index is 0.832. The molecule has 0 atom stereocenters. The van der Waals surface area contributed by atoms with Gasteiger partial charge in [0.2, 0.25) is 0 Å². The minimum Gasteiger partial charge on any atom is -0.344 e. The Morgan fingerprint density at radius 2 is 0.629 bits per heavy atom. The van der Waals surface area contributed by atoms with Crippen molar-refractivity contribution in [1.29, 1.82) is 0 Å². The van der Waals surface area contributed by atoms with Gasteiger partial charge in [-0.15, -0.1) is 0 Å². The largest absolute Gasteiger partial charge is 0.344 e. The molecule has 24 heterocycles. The quantitative estimate of drug-likeness (QED) is 0.102. The van der Waals surface area contributed by atoms with E-state index in [-0.39, 0.29) is 0 Å². The van der Waals surface area contributed by atoms with Crippen LogP contribution in [0.4, 0.5) is 0 Å². The molecule has 0 spiro atoms. The van der Waals surface area contributed by atoms with Crippen LogP contribution in [-0.4, -0.2) is 72.3 Å². The monoisotopic (exact) mass is 818 g/mol. The smallest absolute Gasteiger partial charge is 0.125 e. The van der Waals surface area contributed by atoms with Crippen LogP contribution in [0, 0.1) is 0 Å². The Morgan fingerprint density at radius 1 is 0.306 bits per heavy atom. The van der Waals surface area contributed by atoms with Gasteiger partial charge in [-0.3, -0.25) is 0 Å². The van der Waals surface area contributed by atoms with Gasteiger partial charge in [-0.25, -0.2) is 19.9 Å². The van der Waals surface area contributed by atoms with Crippen LogP contribution in [0.25, 0.3) is 87.2 Å². The molecular weight excluding hydrogens is 765 g/mol. The second kappa shape index (κ2) is 17.3. The summed E-state index contributed by atoms with van der Waals surface area (Å²) in [6, 6.07) is 44.6. The number of nitrogens with two attached hydrogens (primary N) is 4. The summed E-state index contributed by atoms with van der Waals surface area (Å²) < 4.78 is 0. The van der Waals surface area contributed by atoms with Gasteiger partial charge in [-0.05, 0) is 83.9 Å². The molecule has 4 aromatic heterocycles. The van der Waals surface area contributed by atoms with Gasteiger partial charge in [0.15, 0.2) is 0 Å². The molecule has 10 aromatic rings. The molecule has 0 saturated carbocycles. The van der Waals surface area contributed by atoms with Crippen molar-refractivity contribution < 1.29 is 21.3 Å². The van der Waals surface area contributed by atoms with Gasteiger partial charge >= 0.3 is 0 Å². The van der Waals surface area contributed by atoms with Gasteiger partial charge in [0.1, 0.15) is 39.3 Å². The molecule has 0 aliphatic carbocycles. The molecule has 0 fully saturated rings. The van der Waals surface area contributed by atoms with Gasteiger partial charge in [-0.2, -0.15) is 0 Å². The Hall–Kier alpha value is -6.24. The lowest BCUT2D eigenvalue weighted by Crippen LogP contribution is -2.98. The lowest BCUT2D eigenvalue weighted by Gasteiger charge is -2.10. The number of hydrogen-bond acceptors (Lipinski definition) is 6. The van der Waals surface area contributed by atoms with E-state index in [0.717, 1.165) is 155 Å². The maximum Gasteiger partial charge on any atom is 0.125 e. The summed E-state index contributed by atoms with van der Waals surface area (Å²) in [6.45, 7) is 11.9. The van der Waals surface area contributed by atoms with E-state index in [9.17, 15) is 0 Å². The molecule has 0 saturated heterocycles. The van der Waals surface area contributed by atoms with Gasteiger partial charge in [0, 0.05) is 80.4 Å². The van der Waals surface area contributed by atoms with Crippen LogP contribution in [-0.2, 0) is 26.2 Å². The van der Waals surface area contributed by atoms with Crippen LogP contribution in [0.15, 0.2) is 121 Å². The minimum absolute atomic E-state index is 0.832. The molecule has 30 rings (SSSR count). The molecule has 10 heteroatoms. The Balaban J connectivity index is 0.798. The zero-order chi connectivity index (χ0) is 41.2. The highest BCUT2D eigenvalue weighted by Crippen LogP contribution is 2.31. The first kappa shape index (κ1) is 38.7. The molecule has 10 nitrogen and oxygen atoms in total. The van der Waals surface area contributed by atoms with Crippen LogP contribution in [0.1, 0.15) is 22.3 Å². The summed E-state index contributed by atoms with van der Waals surface area (Å²) in [5.74, 6) is 0. The SMILES string of the molecule is c1cc2nc3c4ccc5cc6cc(ccc6nc53)C[NH2+]CC[NH2+]CC[NH2+]Cc3ccc5nc6c(ccc7cc8cc(ccc8nc76)CNCC[NH2+]CCNCc1cc2c4)cc5c3. The second-order valence-electron chi connectivity index (χ2n) is 17.1. The highest BCUT2D eigenvalue weighted by Gasteiger charge is 2.12. The average Bonchev–Trinajstić information content (AvgIpc) is 3.30. The highest BCUT2D eigenvalue weighted by atomic mass is 15.0. The maximum atomic E-state index is 5.16. The van der Waals surface area contributed by atoms with Crippen molar-refractivity contribution in [3.05, 3.63) is 144 Å². The van der Waals surface area contributed by atoms with E-state index in [2.05, 4.69) is 153 Å². The van der Waals surface area contributed by atoms with Crippen LogP contribution < -0.4 is 31.9 Å². The second-order valence-corrected chi connectivity index (χ2v) is 17.1. The number of pyridine rings is 4. The molecule has 20 aliphatic heterocycles. The van der Waals surface area contributed by atoms with Crippen molar-refractivity contribution in [3.63, 3.8) is 0 Å². The van der Waals surface area contributed by atoms with Crippen LogP contribution >= 0.6 is 0 Å².